The Balaban J connectivity index is 2.13. The lowest BCUT2D eigenvalue weighted by Crippen LogP contribution is -2.33. The van der Waals surface area contributed by atoms with E-state index in [1.54, 1.807) is 6.07 Å². The fraction of sp³-hybridized carbons (Fsp3) is 0.562. The number of aliphatic hydroxyl groups excluding tert-OH is 1. The van der Waals surface area contributed by atoms with Crippen molar-refractivity contribution in [3.63, 3.8) is 0 Å². The van der Waals surface area contributed by atoms with Gasteiger partial charge in [0.2, 0.25) is 5.89 Å². The zero-order chi connectivity index (χ0) is 15.5. The van der Waals surface area contributed by atoms with Crippen molar-refractivity contribution < 1.29 is 13.9 Å². The summed E-state index contributed by atoms with van der Waals surface area (Å²) in [7, 11) is 0. The van der Waals surface area contributed by atoms with Gasteiger partial charge in [-0.2, -0.15) is 0 Å². The molecule has 5 heteroatoms. The van der Waals surface area contributed by atoms with E-state index in [4.69, 9.17) is 9.52 Å². The normalized spacial score (nSPS) is 12.5. The maximum Gasteiger partial charge on any atom is 0.209 e. The third-order valence-electron chi connectivity index (χ3n) is 3.08. The molecular weight excluding hydrogens is 271 g/mol. The lowest BCUT2D eigenvalue weighted by Gasteiger charge is -2.28. The highest BCUT2D eigenvalue weighted by Crippen LogP contribution is 2.20. The Kier molecular flexibility index (Phi) is 4.96. The van der Waals surface area contributed by atoms with Crippen LogP contribution in [0.3, 0.4) is 0 Å². The van der Waals surface area contributed by atoms with Crippen LogP contribution < -0.4 is 0 Å². The van der Waals surface area contributed by atoms with Crippen molar-refractivity contribution in [3.05, 3.63) is 29.9 Å². The number of benzene rings is 1. The van der Waals surface area contributed by atoms with Gasteiger partial charge in [-0.1, -0.05) is 20.8 Å². The zero-order valence-corrected chi connectivity index (χ0v) is 12.9. The van der Waals surface area contributed by atoms with E-state index in [2.05, 4.69) is 30.7 Å². The number of hydrogen-bond acceptors (Lipinski definition) is 4. The fourth-order valence-corrected chi connectivity index (χ4v) is 2.38. The summed E-state index contributed by atoms with van der Waals surface area (Å²) < 4.78 is 18.8. The summed E-state index contributed by atoms with van der Waals surface area (Å²) in [6, 6.07) is 4.36. The van der Waals surface area contributed by atoms with E-state index in [1.165, 1.54) is 12.1 Å². The van der Waals surface area contributed by atoms with Gasteiger partial charge in [0.1, 0.15) is 11.3 Å². The molecule has 2 aromatic rings. The molecule has 0 radical (unpaired) electrons. The van der Waals surface area contributed by atoms with Crippen LogP contribution in [0, 0.1) is 11.2 Å². The van der Waals surface area contributed by atoms with Gasteiger partial charge in [-0.05, 0) is 24.0 Å². The molecule has 116 valence electrons. The lowest BCUT2D eigenvalue weighted by molar-refractivity contribution is 0.155. The molecule has 4 nitrogen and oxygen atoms in total. The molecule has 0 aliphatic rings. The average molecular weight is 294 g/mol. The van der Waals surface area contributed by atoms with Crippen LogP contribution in [-0.2, 0) is 6.54 Å². The molecule has 0 aliphatic carbocycles. The fourth-order valence-electron chi connectivity index (χ4n) is 2.38. The molecule has 2 rings (SSSR count). The molecule has 0 atom stereocenters. The molecule has 21 heavy (non-hydrogen) atoms. The second-order valence-corrected chi connectivity index (χ2v) is 6.57. The van der Waals surface area contributed by atoms with Gasteiger partial charge in [-0.25, -0.2) is 9.37 Å². The van der Waals surface area contributed by atoms with Gasteiger partial charge >= 0.3 is 0 Å². The number of hydrogen-bond donors (Lipinski definition) is 1. The quantitative estimate of drug-likeness (QED) is 0.889. The Bertz CT molecular complexity index is 589. The Morgan fingerprint density at radius 3 is 2.76 bits per heavy atom. The summed E-state index contributed by atoms with van der Waals surface area (Å²) in [6.45, 7) is 8.88. The molecule has 1 N–H and O–H groups in total. The molecule has 1 heterocycles. The summed E-state index contributed by atoms with van der Waals surface area (Å²) in [5.74, 6) is 0.259. The molecule has 0 saturated carbocycles. The van der Waals surface area contributed by atoms with E-state index in [1.807, 2.05) is 0 Å². The second-order valence-electron chi connectivity index (χ2n) is 6.57. The van der Waals surface area contributed by atoms with Crippen molar-refractivity contribution in [2.75, 3.05) is 19.7 Å². The number of halogens is 1. The largest absolute Gasteiger partial charge is 0.439 e. The predicted octanol–water partition coefficient (Wildman–Crippen LogP) is 3.20. The van der Waals surface area contributed by atoms with Gasteiger partial charge in [-0.15, -0.1) is 0 Å². The van der Waals surface area contributed by atoms with E-state index < -0.39 is 0 Å². The van der Waals surface area contributed by atoms with Crippen LogP contribution in [-0.4, -0.2) is 34.7 Å². The standard InChI is InChI=1S/C16H23FN2O2/c1-16(2,3)11-19(7-4-8-20)10-15-18-13-6-5-12(17)9-14(13)21-15/h5-6,9,20H,4,7-8,10-11H2,1-3H3. The Morgan fingerprint density at radius 1 is 1.33 bits per heavy atom. The van der Waals surface area contributed by atoms with Gasteiger partial charge in [-0.3, -0.25) is 4.90 Å². The molecule has 1 aromatic carbocycles. The van der Waals surface area contributed by atoms with Crippen molar-refractivity contribution in [3.8, 4) is 0 Å². The first-order valence-electron chi connectivity index (χ1n) is 7.25. The number of aromatic nitrogens is 1. The van der Waals surface area contributed by atoms with Crippen LogP contribution in [0.4, 0.5) is 4.39 Å². The molecule has 0 aliphatic heterocycles. The van der Waals surface area contributed by atoms with E-state index in [0.29, 0.717) is 30.0 Å². The third-order valence-corrected chi connectivity index (χ3v) is 3.08. The van der Waals surface area contributed by atoms with Gasteiger partial charge in [0.05, 0.1) is 6.54 Å². The number of aliphatic hydroxyl groups is 1. The monoisotopic (exact) mass is 294 g/mol. The van der Waals surface area contributed by atoms with Gasteiger partial charge < -0.3 is 9.52 Å². The summed E-state index contributed by atoms with van der Waals surface area (Å²) in [5, 5.41) is 9.02. The molecule has 0 amide bonds. The molecule has 0 bridgehead atoms. The van der Waals surface area contributed by atoms with Gasteiger partial charge in [0, 0.05) is 25.8 Å². The first-order valence-corrected chi connectivity index (χ1v) is 7.25. The van der Waals surface area contributed by atoms with E-state index in [9.17, 15) is 4.39 Å². The molecule has 0 saturated heterocycles. The minimum Gasteiger partial charge on any atom is -0.439 e. The summed E-state index contributed by atoms with van der Waals surface area (Å²) in [6.07, 6.45) is 0.713. The molecular formula is C16H23FN2O2. The van der Waals surface area contributed by atoms with Crippen molar-refractivity contribution >= 4 is 11.1 Å². The van der Waals surface area contributed by atoms with Crippen molar-refractivity contribution in [2.45, 2.75) is 33.7 Å². The number of fused-ring (bicyclic) bond motifs is 1. The minimum absolute atomic E-state index is 0.146. The zero-order valence-electron chi connectivity index (χ0n) is 12.9. The maximum absolute atomic E-state index is 13.2. The smallest absolute Gasteiger partial charge is 0.209 e. The molecule has 1 aromatic heterocycles. The van der Waals surface area contributed by atoms with Crippen LogP contribution in [0.2, 0.25) is 0 Å². The van der Waals surface area contributed by atoms with Crippen molar-refractivity contribution in [1.29, 1.82) is 0 Å². The summed E-state index contributed by atoms with van der Waals surface area (Å²) in [5.41, 5.74) is 1.29. The number of oxazole rings is 1. The van der Waals surface area contributed by atoms with Crippen LogP contribution in [0.1, 0.15) is 33.1 Å². The summed E-state index contributed by atoms with van der Waals surface area (Å²) >= 11 is 0. The van der Waals surface area contributed by atoms with Crippen LogP contribution in [0.25, 0.3) is 11.1 Å². The maximum atomic E-state index is 13.2. The van der Waals surface area contributed by atoms with Crippen molar-refractivity contribution in [1.82, 2.24) is 9.88 Å². The summed E-state index contributed by atoms with van der Waals surface area (Å²) in [4.78, 5) is 6.60. The predicted molar refractivity (Wildman–Crippen MR) is 80.4 cm³/mol. The topological polar surface area (TPSA) is 49.5 Å². The highest BCUT2D eigenvalue weighted by Gasteiger charge is 2.18. The molecule has 0 fully saturated rings. The van der Waals surface area contributed by atoms with E-state index in [-0.39, 0.29) is 17.8 Å². The Hall–Kier alpha value is -1.46. The van der Waals surface area contributed by atoms with E-state index in [0.717, 1.165) is 13.1 Å². The second kappa shape index (κ2) is 6.54. The number of nitrogens with zero attached hydrogens (tertiary/aromatic N) is 2. The van der Waals surface area contributed by atoms with Crippen LogP contribution in [0.5, 0.6) is 0 Å². The molecule has 0 spiro atoms. The van der Waals surface area contributed by atoms with E-state index >= 15 is 0 Å². The lowest BCUT2D eigenvalue weighted by atomic mass is 9.96. The minimum atomic E-state index is -0.322. The third kappa shape index (κ3) is 4.79. The van der Waals surface area contributed by atoms with Crippen molar-refractivity contribution in [2.24, 2.45) is 5.41 Å². The van der Waals surface area contributed by atoms with Crippen LogP contribution >= 0.6 is 0 Å². The highest BCUT2D eigenvalue weighted by atomic mass is 19.1. The molecule has 0 unspecified atom stereocenters. The SMILES string of the molecule is CC(C)(C)CN(CCCO)Cc1nc2ccc(F)cc2o1. The average Bonchev–Trinajstić information content (AvgIpc) is 2.75. The first kappa shape index (κ1) is 15.9. The number of rotatable bonds is 6. The highest BCUT2D eigenvalue weighted by molar-refractivity contribution is 5.72. The first-order chi connectivity index (χ1) is 9.87. The van der Waals surface area contributed by atoms with Gasteiger partial charge in [0.15, 0.2) is 5.58 Å². The Labute approximate surface area is 124 Å². The Morgan fingerprint density at radius 2 is 2.10 bits per heavy atom. The van der Waals surface area contributed by atoms with Crippen LogP contribution in [0.15, 0.2) is 22.6 Å². The van der Waals surface area contributed by atoms with Gasteiger partial charge in [0.25, 0.3) is 0 Å².